The van der Waals surface area contributed by atoms with Crippen molar-refractivity contribution in [2.24, 2.45) is 7.05 Å². The van der Waals surface area contributed by atoms with Crippen LogP contribution in [0.1, 0.15) is 16.2 Å². The van der Waals surface area contributed by atoms with Gasteiger partial charge in [0.25, 0.3) is 0 Å². The van der Waals surface area contributed by atoms with Crippen LogP contribution >= 0.6 is 0 Å². The van der Waals surface area contributed by atoms with Gasteiger partial charge in [0.1, 0.15) is 5.82 Å². The Hall–Kier alpha value is -3.93. The smallest absolute Gasteiger partial charge is 0.170 e. The number of nitrogens with zero attached hydrogens (tertiary/aromatic N) is 5. The van der Waals surface area contributed by atoms with Crippen molar-refractivity contribution in [3.63, 3.8) is 0 Å². The lowest BCUT2D eigenvalue weighted by molar-refractivity contribution is 0.0991. The Balaban J connectivity index is 1.45. The van der Waals surface area contributed by atoms with E-state index in [-0.39, 0.29) is 12.2 Å². The Morgan fingerprint density at radius 3 is 2.72 bits per heavy atom. The summed E-state index contributed by atoms with van der Waals surface area (Å²) in [6, 6.07) is 15.4. The number of hydrogen-bond donors (Lipinski definition) is 0. The monoisotopic (exact) mass is 379 g/mol. The van der Waals surface area contributed by atoms with E-state index in [1.807, 2.05) is 61.9 Å². The van der Waals surface area contributed by atoms with E-state index in [0.717, 1.165) is 32.9 Å². The zero-order valence-corrected chi connectivity index (χ0v) is 15.8. The van der Waals surface area contributed by atoms with Crippen molar-refractivity contribution in [1.29, 1.82) is 0 Å². The first-order valence-corrected chi connectivity index (χ1v) is 9.28. The molecule has 140 valence electrons. The van der Waals surface area contributed by atoms with Gasteiger partial charge in [-0.15, -0.1) is 0 Å². The Labute approximate surface area is 166 Å². The highest BCUT2D eigenvalue weighted by Crippen LogP contribution is 2.23. The van der Waals surface area contributed by atoms with Crippen LogP contribution in [0.4, 0.5) is 0 Å². The first-order chi connectivity index (χ1) is 14.2. The minimum atomic E-state index is -0.0153. The fourth-order valence-electron chi connectivity index (χ4n) is 3.39. The molecule has 3 aromatic heterocycles. The highest BCUT2D eigenvalue weighted by atomic mass is 16.1. The van der Waals surface area contributed by atoms with E-state index in [4.69, 9.17) is 0 Å². The number of carbonyl (C=O) groups is 1. The van der Waals surface area contributed by atoms with Crippen LogP contribution < -0.4 is 0 Å². The van der Waals surface area contributed by atoms with Crippen LogP contribution in [0.25, 0.3) is 32.9 Å². The van der Waals surface area contributed by atoms with Crippen LogP contribution in [0.5, 0.6) is 0 Å². The predicted octanol–water partition coefficient (Wildman–Crippen LogP) is 4.00. The van der Waals surface area contributed by atoms with E-state index in [0.29, 0.717) is 11.4 Å². The second-order valence-corrected chi connectivity index (χ2v) is 6.97. The topological polar surface area (TPSA) is 73.6 Å². The van der Waals surface area contributed by atoms with Gasteiger partial charge in [-0.3, -0.25) is 14.5 Å². The zero-order chi connectivity index (χ0) is 19.8. The number of Topliss-reactive ketones (excluding diaryl/α,β-unsaturated/α-hetero) is 1. The van der Waals surface area contributed by atoms with Gasteiger partial charge in [0.15, 0.2) is 5.78 Å². The molecule has 0 aliphatic heterocycles. The molecule has 0 radical (unpaired) electrons. The van der Waals surface area contributed by atoms with Crippen molar-refractivity contribution >= 4 is 27.6 Å². The van der Waals surface area contributed by atoms with Crippen molar-refractivity contribution in [2.75, 3.05) is 0 Å². The summed E-state index contributed by atoms with van der Waals surface area (Å²) in [6.45, 7) is 0. The van der Waals surface area contributed by atoms with Crippen LogP contribution in [0.2, 0.25) is 0 Å². The summed E-state index contributed by atoms with van der Waals surface area (Å²) >= 11 is 0. The third-order valence-corrected chi connectivity index (χ3v) is 4.91. The van der Waals surface area contributed by atoms with Gasteiger partial charge < -0.3 is 0 Å². The lowest BCUT2D eigenvalue weighted by atomic mass is 10.0. The van der Waals surface area contributed by atoms with Gasteiger partial charge in [0.05, 0.1) is 23.7 Å². The number of fused-ring (bicyclic) bond motifs is 2. The summed E-state index contributed by atoms with van der Waals surface area (Å²) in [5.74, 6) is 0.496. The molecule has 0 atom stereocenters. The zero-order valence-electron chi connectivity index (χ0n) is 15.8. The number of pyridine rings is 1. The fraction of sp³-hybridized carbons (Fsp3) is 0.0870. The fourth-order valence-corrected chi connectivity index (χ4v) is 3.39. The van der Waals surface area contributed by atoms with Crippen molar-refractivity contribution in [3.8, 4) is 11.1 Å². The molecule has 0 bridgehead atoms. The highest BCUT2D eigenvalue weighted by Gasteiger charge is 2.11. The third-order valence-electron chi connectivity index (χ3n) is 4.91. The molecule has 0 aliphatic carbocycles. The molecule has 0 saturated carbocycles. The van der Waals surface area contributed by atoms with E-state index in [2.05, 4.69) is 20.1 Å². The van der Waals surface area contributed by atoms with Crippen molar-refractivity contribution < 1.29 is 4.79 Å². The molecule has 5 rings (SSSR count). The molecule has 0 saturated heterocycles. The second kappa shape index (κ2) is 6.91. The van der Waals surface area contributed by atoms with Gasteiger partial charge in [-0.05, 0) is 35.9 Å². The Bertz CT molecular complexity index is 1370. The lowest BCUT2D eigenvalue weighted by Crippen LogP contribution is -2.07. The maximum absolute atomic E-state index is 12.8. The Morgan fingerprint density at radius 1 is 0.931 bits per heavy atom. The van der Waals surface area contributed by atoms with Crippen LogP contribution in [0.3, 0.4) is 0 Å². The Morgan fingerprint density at radius 2 is 1.86 bits per heavy atom. The standard InChI is InChI=1S/C23H17N5O/c1-28-14-19(13-26-28)15-4-5-18-12-25-23(27-21(18)10-15)11-22(29)17-6-7-20-16(9-17)3-2-8-24-20/h2-10,12-14H,11H2,1H3. The average molecular weight is 379 g/mol. The maximum atomic E-state index is 12.8. The number of aryl methyl sites for hydroxylation is 1. The average Bonchev–Trinajstić information content (AvgIpc) is 3.19. The minimum absolute atomic E-state index is 0.0153. The van der Waals surface area contributed by atoms with Crippen LogP contribution in [0, 0.1) is 0 Å². The van der Waals surface area contributed by atoms with Crippen molar-refractivity contribution in [3.05, 3.63) is 84.7 Å². The number of hydrogen-bond acceptors (Lipinski definition) is 5. The minimum Gasteiger partial charge on any atom is -0.294 e. The molecule has 0 fully saturated rings. The number of aromatic nitrogens is 5. The third kappa shape index (κ3) is 3.36. The van der Waals surface area contributed by atoms with Gasteiger partial charge in [-0.2, -0.15) is 5.10 Å². The molecular weight excluding hydrogens is 362 g/mol. The summed E-state index contributed by atoms with van der Waals surface area (Å²) in [5, 5.41) is 6.10. The molecule has 3 heterocycles. The largest absolute Gasteiger partial charge is 0.294 e. The first kappa shape index (κ1) is 17.2. The summed E-state index contributed by atoms with van der Waals surface area (Å²) in [6.07, 6.45) is 7.44. The lowest BCUT2D eigenvalue weighted by Gasteiger charge is -2.05. The predicted molar refractivity (Wildman–Crippen MR) is 112 cm³/mol. The molecular formula is C23H17N5O. The van der Waals surface area contributed by atoms with E-state index >= 15 is 0 Å². The molecule has 0 unspecified atom stereocenters. The van der Waals surface area contributed by atoms with Crippen molar-refractivity contribution in [1.82, 2.24) is 24.7 Å². The summed E-state index contributed by atoms with van der Waals surface area (Å²) < 4.78 is 1.77. The van der Waals surface area contributed by atoms with Crippen molar-refractivity contribution in [2.45, 2.75) is 6.42 Å². The molecule has 5 aromatic rings. The molecule has 29 heavy (non-hydrogen) atoms. The molecule has 0 N–H and O–H groups in total. The van der Waals surface area contributed by atoms with Gasteiger partial charge in [0, 0.05) is 47.5 Å². The van der Waals surface area contributed by atoms with E-state index < -0.39 is 0 Å². The quantitative estimate of drug-likeness (QED) is 0.441. The molecule has 6 nitrogen and oxygen atoms in total. The van der Waals surface area contributed by atoms with E-state index in [9.17, 15) is 4.79 Å². The van der Waals surface area contributed by atoms with Crippen LogP contribution in [-0.4, -0.2) is 30.5 Å². The summed E-state index contributed by atoms with van der Waals surface area (Å²) in [5.41, 5.74) is 4.37. The number of benzene rings is 2. The van der Waals surface area contributed by atoms with E-state index in [1.54, 1.807) is 23.1 Å². The SMILES string of the molecule is Cn1cc(-c2ccc3cnc(CC(=O)c4ccc5ncccc5c4)nc3c2)cn1. The summed E-state index contributed by atoms with van der Waals surface area (Å²) in [4.78, 5) is 26.1. The molecule has 0 spiro atoms. The number of rotatable bonds is 4. The van der Waals surface area contributed by atoms with Gasteiger partial charge >= 0.3 is 0 Å². The molecule has 0 aliphatic rings. The summed E-state index contributed by atoms with van der Waals surface area (Å²) in [7, 11) is 1.89. The maximum Gasteiger partial charge on any atom is 0.170 e. The van der Waals surface area contributed by atoms with Gasteiger partial charge in [-0.1, -0.05) is 18.2 Å². The molecule has 2 aromatic carbocycles. The van der Waals surface area contributed by atoms with Crippen LogP contribution in [0.15, 0.2) is 73.3 Å². The number of carbonyl (C=O) groups excluding carboxylic acids is 1. The second-order valence-electron chi connectivity index (χ2n) is 6.97. The molecule has 0 amide bonds. The first-order valence-electron chi connectivity index (χ1n) is 9.28. The van der Waals surface area contributed by atoms with Crippen LogP contribution in [-0.2, 0) is 13.5 Å². The van der Waals surface area contributed by atoms with Gasteiger partial charge in [0.2, 0.25) is 0 Å². The van der Waals surface area contributed by atoms with E-state index in [1.165, 1.54) is 0 Å². The normalized spacial score (nSPS) is 11.2. The van der Waals surface area contributed by atoms with Gasteiger partial charge in [-0.25, -0.2) is 9.97 Å². The molecule has 6 heteroatoms. The highest BCUT2D eigenvalue weighted by molar-refractivity contribution is 6.00. The number of ketones is 1. The Kier molecular flexibility index (Phi) is 4.09.